The van der Waals surface area contributed by atoms with Gasteiger partial charge < -0.3 is 10.1 Å². The van der Waals surface area contributed by atoms with Crippen molar-refractivity contribution >= 4 is 39.8 Å². The number of nitrogens with zero attached hydrogens (tertiary/aromatic N) is 2. The summed E-state index contributed by atoms with van der Waals surface area (Å²) in [7, 11) is 0. The Hall–Kier alpha value is -2.41. The van der Waals surface area contributed by atoms with Crippen molar-refractivity contribution in [1.82, 2.24) is 15.3 Å². The van der Waals surface area contributed by atoms with Gasteiger partial charge in [0, 0.05) is 0 Å². The third-order valence-corrected chi connectivity index (χ3v) is 3.69. The van der Waals surface area contributed by atoms with Crippen LogP contribution in [0.1, 0.15) is 12.5 Å². The summed E-state index contributed by atoms with van der Waals surface area (Å²) in [6.07, 6.45) is 3.21. The molecule has 1 amide bonds. The molecule has 0 radical (unpaired) electrons. The molecule has 0 saturated carbocycles. The Balaban J connectivity index is 2.04. The number of carbonyl (C=O) groups is 1. The SMILES string of the molecule is CCOc1ncnc2ccc(/C=C3/SC(=N)NC3=O)cc12. The molecule has 1 aliphatic heterocycles. The molecule has 2 aromatic rings. The van der Waals surface area contributed by atoms with Crippen LogP contribution in [0.15, 0.2) is 29.4 Å². The van der Waals surface area contributed by atoms with Gasteiger partial charge in [-0.05, 0) is 42.5 Å². The van der Waals surface area contributed by atoms with Crippen molar-refractivity contribution in [3.63, 3.8) is 0 Å². The molecule has 2 heterocycles. The van der Waals surface area contributed by atoms with Crippen LogP contribution in [0.5, 0.6) is 5.88 Å². The Bertz CT molecular complexity index is 773. The van der Waals surface area contributed by atoms with Crippen LogP contribution in [0, 0.1) is 5.41 Å². The Morgan fingerprint density at radius 2 is 2.29 bits per heavy atom. The number of nitrogens with one attached hydrogen (secondary N) is 2. The van der Waals surface area contributed by atoms with Gasteiger partial charge in [-0.2, -0.15) is 0 Å². The topological polar surface area (TPSA) is 88.0 Å². The predicted molar refractivity (Wildman–Crippen MR) is 82.1 cm³/mol. The fourth-order valence-electron chi connectivity index (χ4n) is 1.99. The van der Waals surface area contributed by atoms with E-state index in [0.29, 0.717) is 17.4 Å². The van der Waals surface area contributed by atoms with Crippen LogP contribution in [-0.4, -0.2) is 27.6 Å². The molecule has 2 N–H and O–H groups in total. The quantitative estimate of drug-likeness (QED) is 0.848. The van der Waals surface area contributed by atoms with E-state index in [1.165, 1.54) is 6.33 Å². The summed E-state index contributed by atoms with van der Waals surface area (Å²) >= 11 is 1.11. The van der Waals surface area contributed by atoms with Crippen molar-refractivity contribution in [2.24, 2.45) is 0 Å². The average Bonchev–Trinajstić information content (AvgIpc) is 2.78. The summed E-state index contributed by atoms with van der Waals surface area (Å²) in [6.45, 7) is 2.41. The molecule has 21 heavy (non-hydrogen) atoms. The van der Waals surface area contributed by atoms with Gasteiger partial charge in [0.1, 0.15) is 6.33 Å². The summed E-state index contributed by atoms with van der Waals surface area (Å²) in [5.41, 5.74) is 1.62. The summed E-state index contributed by atoms with van der Waals surface area (Å²) < 4.78 is 5.49. The van der Waals surface area contributed by atoms with Crippen molar-refractivity contribution in [2.45, 2.75) is 6.92 Å². The maximum absolute atomic E-state index is 11.6. The van der Waals surface area contributed by atoms with Crippen molar-refractivity contribution in [2.75, 3.05) is 6.61 Å². The molecule has 106 valence electrons. The van der Waals surface area contributed by atoms with Crippen LogP contribution in [0.4, 0.5) is 0 Å². The van der Waals surface area contributed by atoms with Gasteiger partial charge in [-0.3, -0.25) is 10.2 Å². The minimum absolute atomic E-state index is 0.144. The number of hydrogen-bond acceptors (Lipinski definition) is 6. The number of benzene rings is 1. The lowest BCUT2D eigenvalue weighted by atomic mass is 10.1. The predicted octanol–water partition coefficient (Wildman–Crippen LogP) is 2.17. The summed E-state index contributed by atoms with van der Waals surface area (Å²) in [5, 5.41) is 10.8. The van der Waals surface area contributed by atoms with E-state index in [1.807, 2.05) is 25.1 Å². The molecule has 0 atom stereocenters. The molecule has 3 rings (SSSR count). The zero-order valence-corrected chi connectivity index (χ0v) is 12.0. The van der Waals surface area contributed by atoms with E-state index in [2.05, 4.69) is 15.3 Å². The van der Waals surface area contributed by atoms with Gasteiger partial charge in [-0.25, -0.2) is 9.97 Å². The molecule has 1 aromatic heterocycles. The first-order valence-electron chi connectivity index (χ1n) is 6.34. The summed E-state index contributed by atoms with van der Waals surface area (Å²) in [5.74, 6) is 0.276. The zero-order chi connectivity index (χ0) is 14.8. The maximum Gasteiger partial charge on any atom is 0.264 e. The highest BCUT2D eigenvalue weighted by atomic mass is 32.2. The Morgan fingerprint density at radius 3 is 3.00 bits per heavy atom. The van der Waals surface area contributed by atoms with Crippen LogP contribution in [-0.2, 0) is 4.79 Å². The molecular formula is C14H12N4O2S. The first kappa shape index (κ1) is 13.6. The van der Waals surface area contributed by atoms with E-state index in [9.17, 15) is 4.79 Å². The van der Waals surface area contributed by atoms with E-state index < -0.39 is 0 Å². The number of amidine groups is 1. The second-order valence-corrected chi connectivity index (χ2v) is 5.33. The number of hydrogen-bond donors (Lipinski definition) is 2. The number of fused-ring (bicyclic) bond motifs is 1. The second kappa shape index (κ2) is 5.53. The van der Waals surface area contributed by atoms with Gasteiger partial charge in [0.05, 0.1) is 22.4 Å². The van der Waals surface area contributed by atoms with Crippen molar-refractivity contribution < 1.29 is 9.53 Å². The van der Waals surface area contributed by atoms with Crippen molar-refractivity contribution in [1.29, 1.82) is 5.41 Å². The third-order valence-electron chi connectivity index (χ3n) is 2.86. The van der Waals surface area contributed by atoms with Crippen molar-refractivity contribution in [3.8, 4) is 5.88 Å². The molecule has 6 nitrogen and oxygen atoms in total. The molecule has 1 saturated heterocycles. The summed E-state index contributed by atoms with van der Waals surface area (Å²) in [4.78, 5) is 20.4. The van der Waals surface area contributed by atoms with Crippen LogP contribution < -0.4 is 10.1 Å². The number of aromatic nitrogens is 2. The monoisotopic (exact) mass is 300 g/mol. The van der Waals surface area contributed by atoms with Gasteiger partial charge in [0.25, 0.3) is 5.91 Å². The Kier molecular flexibility index (Phi) is 3.57. The van der Waals surface area contributed by atoms with Crippen LogP contribution >= 0.6 is 11.8 Å². The average molecular weight is 300 g/mol. The fourth-order valence-corrected chi connectivity index (χ4v) is 2.69. The highest BCUT2D eigenvalue weighted by molar-refractivity contribution is 8.18. The van der Waals surface area contributed by atoms with E-state index in [1.54, 1.807) is 6.08 Å². The standard InChI is InChI=1S/C14H12N4O2S/c1-2-20-13-9-5-8(3-4-10(9)16-7-17-13)6-11-12(19)18-14(15)21-11/h3-7H,2H2,1H3,(H2,15,18,19)/b11-6+. The van der Waals surface area contributed by atoms with Gasteiger partial charge in [0.15, 0.2) is 5.17 Å². The molecule has 1 aliphatic rings. The van der Waals surface area contributed by atoms with Gasteiger partial charge in [0.2, 0.25) is 5.88 Å². The third kappa shape index (κ3) is 2.73. The molecule has 0 aliphatic carbocycles. The molecular weight excluding hydrogens is 288 g/mol. The summed E-state index contributed by atoms with van der Waals surface area (Å²) in [6, 6.07) is 5.60. The highest BCUT2D eigenvalue weighted by Gasteiger charge is 2.22. The van der Waals surface area contributed by atoms with Gasteiger partial charge in [-0.15, -0.1) is 0 Å². The Morgan fingerprint density at radius 1 is 1.43 bits per heavy atom. The van der Waals surface area contributed by atoms with Crippen LogP contribution in [0.3, 0.4) is 0 Å². The lowest BCUT2D eigenvalue weighted by Crippen LogP contribution is -2.18. The molecule has 1 aromatic carbocycles. The number of carbonyl (C=O) groups excluding carboxylic acids is 1. The normalized spacial score (nSPS) is 16.5. The van der Waals surface area contributed by atoms with E-state index in [0.717, 1.165) is 28.2 Å². The minimum atomic E-state index is -0.251. The molecule has 7 heteroatoms. The zero-order valence-electron chi connectivity index (χ0n) is 11.2. The Labute approximate surface area is 125 Å². The van der Waals surface area contributed by atoms with Crippen molar-refractivity contribution in [3.05, 3.63) is 35.0 Å². The first-order valence-corrected chi connectivity index (χ1v) is 7.16. The molecule has 0 spiro atoms. The number of ether oxygens (including phenoxy) is 1. The van der Waals surface area contributed by atoms with E-state index in [4.69, 9.17) is 10.1 Å². The molecule has 1 fully saturated rings. The minimum Gasteiger partial charge on any atom is -0.477 e. The van der Waals surface area contributed by atoms with Crippen LogP contribution in [0.25, 0.3) is 17.0 Å². The molecule has 0 unspecified atom stereocenters. The first-order chi connectivity index (χ1) is 10.2. The van der Waals surface area contributed by atoms with E-state index >= 15 is 0 Å². The van der Waals surface area contributed by atoms with Crippen LogP contribution in [0.2, 0.25) is 0 Å². The van der Waals surface area contributed by atoms with Gasteiger partial charge in [-0.1, -0.05) is 6.07 Å². The number of thioether (sulfide) groups is 1. The number of rotatable bonds is 3. The molecule has 0 bridgehead atoms. The second-order valence-electron chi connectivity index (χ2n) is 4.28. The smallest absolute Gasteiger partial charge is 0.264 e. The lowest BCUT2D eigenvalue weighted by Gasteiger charge is -2.06. The lowest BCUT2D eigenvalue weighted by molar-refractivity contribution is -0.115. The largest absolute Gasteiger partial charge is 0.477 e. The maximum atomic E-state index is 11.6. The number of amides is 1. The highest BCUT2D eigenvalue weighted by Crippen LogP contribution is 2.27. The fraction of sp³-hybridized carbons (Fsp3) is 0.143. The van der Waals surface area contributed by atoms with E-state index in [-0.39, 0.29) is 11.1 Å². The van der Waals surface area contributed by atoms with Gasteiger partial charge >= 0.3 is 0 Å².